The fourth-order valence-electron chi connectivity index (χ4n) is 3.77. The van der Waals surface area contributed by atoms with Gasteiger partial charge in [-0.2, -0.15) is 18.3 Å². The minimum Gasteiger partial charge on any atom is -0.485 e. The van der Waals surface area contributed by atoms with Gasteiger partial charge in [-0.3, -0.25) is 9.59 Å². The first kappa shape index (κ1) is 25.4. The fourth-order valence-corrected chi connectivity index (χ4v) is 3.77. The number of fused-ring (bicyclic) bond motifs is 1. The van der Waals surface area contributed by atoms with Crippen LogP contribution in [0.1, 0.15) is 19.4 Å². The first-order valence-electron chi connectivity index (χ1n) is 11.2. The molecule has 0 spiro atoms. The van der Waals surface area contributed by atoms with Crippen LogP contribution in [-0.4, -0.2) is 76.0 Å². The second-order valence-electron chi connectivity index (χ2n) is 8.91. The smallest absolute Gasteiger partial charge is 0.419 e. The quantitative estimate of drug-likeness (QED) is 0.519. The lowest BCUT2D eigenvalue weighted by Crippen LogP contribution is -2.50. The third-order valence-corrected chi connectivity index (χ3v) is 5.61. The molecule has 36 heavy (non-hydrogen) atoms. The van der Waals surface area contributed by atoms with E-state index >= 15 is 0 Å². The zero-order chi connectivity index (χ0) is 25.9. The summed E-state index contributed by atoms with van der Waals surface area (Å²) in [5.74, 6) is 0.461. The van der Waals surface area contributed by atoms with Gasteiger partial charge in [-0.25, -0.2) is 15.1 Å². The zero-order valence-electron chi connectivity index (χ0n) is 19.7. The Labute approximate surface area is 204 Å². The van der Waals surface area contributed by atoms with Crippen molar-refractivity contribution in [1.82, 2.24) is 25.1 Å². The van der Waals surface area contributed by atoms with E-state index in [9.17, 15) is 22.8 Å². The van der Waals surface area contributed by atoms with E-state index in [-0.39, 0.29) is 30.6 Å². The molecule has 0 saturated carbocycles. The number of halogens is 3. The summed E-state index contributed by atoms with van der Waals surface area (Å²) in [4.78, 5) is 35.5. The van der Waals surface area contributed by atoms with E-state index in [0.717, 1.165) is 12.4 Å². The van der Waals surface area contributed by atoms with Gasteiger partial charge in [-0.15, -0.1) is 0 Å². The number of carbonyl (C=O) groups excluding carboxylic acids is 1. The van der Waals surface area contributed by atoms with Crippen LogP contribution >= 0.6 is 0 Å². The molecule has 0 atom stereocenters. The molecule has 1 aliphatic rings. The Morgan fingerprint density at radius 1 is 1.06 bits per heavy atom. The molecule has 2 aromatic heterocycles. The molecule has 0 aliphatic carbocycles. The molecule has 1 amide bonds. The SMILES string of the molecule is CC(C)(COCC(=O)N1CCN(c2ncc(C(F)(F)F)cn2)CC1)Oc1cccc2c(=O)[nH]ncc12. The number of hydrogen-bond donors (Lipinski definition) is 1. The highest BCUT2D eigenvalue weighted by Crippen LogP contribution is 2.29. The Hall–Kier alpha value is -3.74. The number of anilines is 1. The molecular formula is C23H25F3N6O4. The Morgan fingerprint density at radius 3 is 2.42 bits per heavy atom. The summed E-state index contributed by atoms with van der Waals surface area (Å²) in [5.41, 5.74) is -2.02. The van der Waals surface area contributed by atoms with Gasteiger partial charge in [0, 0.05) is 44.0 Å². The van der Waals surface area contributed by atoms with E-state index in [1.165, 1.54) is 6.20 Å². The maximum Gasteiger partial charge on any atom is 0.419 e. The van der Waals surface area contributed by atoms with Crippen molar-refractivity contribution in [2.24, 2.45) is 0 Å². The second kappa shape index (κ2) is 10.1. The Kier molecular flexibility index (Phi) is 7.11. The van der Waals surface area contributed by atoms with Crippen molar-refractivity contribution in [3.05, 3.63) is 52.7 Å². The number of nitrogens with zero attached hydrogens (tertiary/aromatic N) is 5. The van der Waals surface area contributed by atoms with Crippen molar-refractivity contribution >= 4 is 22.6 Å². The number of H-pyrrole nitrogens is 1. The largest absolute Gasteiger partial charge is 0.485 e. The van der Waals surface area contributed by atoms with Gasteiger partial charge in [0.05, 0.1) is 23.8 Å². The highest BCUT2D eigenvalue weighted by Gasteiger charge is 2.32. The van der Waals surface area contributed by atoms with Crippen molar-refractivity contribution in [3.8, 4) is 5.75 Å². The topological polar surface area (TPSA) is 114 Å². The van der Waals surface area contributed by atoms with Crippen LogP contribution in [0.3, 0.4) is 0 Å². The third kappa shape index (κ3) is 5.90. The summed E-state index contributed by atoms with van der Waals surface area (Å²) in [6, 6.07) is 5.12. The van der Waals surface area contributed by atoms with E-state index in [1.807, 2.05) is 0 Å². The van der Waals surface area contributed by atoms with Crippen LogP contribution in [0.15, 0.2) is 41.6 Å². The Bertz CT molecular complexity index is 1270. The first-order valence-corrected chi connectivity index (χ1v) is 11.2. The van der Waals surface area contributed by atoms with Crippen LogP contribution in [0.4, 0.5) is 19.1 Å². The number of rotatable bonds is 7. The van der Waals surface area contributed by atoms with Gasteiger partial charge in [0.2, 0.25) is 11.9 Å². The van der Waals surface area contributed by atoms with Gasteiger partial charge in [0.1, 0.15) is 18.0 Å². The highest BCUT2D eigenvalue weighted by atomic mass is 19.4. The number of benzene rings is 1. The number of amides is 1. The van der Waals surface area contributed by atoms with Gasteiger partial charge in [-0.1, -0.05) is 6.07 Å². The lowest BCUT2D eigenvalue weighted by atomic mass is 10.1. The summed E-state index contributed by atoms with van der Waals surface area (Å²) in [6.07, 6.45) is -1.47. The molecule has 1 saturated heterocycles. The summed E-state index contributed by atoms with van der Waals surface area (Å²) in [5, 5.41) is 7.23. The van der Waals surface area contributed by atoms with Crippen molar-refractivity contribution in [3.63, 3.8) is 0 Å². The van der Waals surface area contributed by atoms with Gasteiger partial charge in [0.25, 0.3) is 5.56 Å². The average molecular weight is 506 g/mol. The van der Waals surface area contributed by atoms with Crippen LogP contribution in [0.5, 0.6) is 5.75 Å². The van der Waals surface area contributed by atoms with Crippen LogP contribution in [0, 0.1) is 0 Å². The summed E-state index contributed by atoms with van der Waals surface area (Å²) in [6.45, 7) is 5.08. The molecule has 192 valence electrons. The Balaban J connectivity index is 1.26. The van der Waals surface area contributed by atoms with Crippen molar-refractivity contribution in [1.29, 1.82) is 0 Å². The Morgan fingerprint density at radius 2 is 1.75 bits per heavy atom. The van der Waals surface area contributed by atoms with Crippen molar-refractivity contribution < 1.29 is 27.4 Å². The van der Waals surface area contributed by atoms with E-state index in [0.29, 0.717) is 42.7 Å². The summed E-state index contributed by atoms with van der Waals surface area (Å²) >= 11 is 0. The molecule has 0 bridgehead atoms. The summed E-state index contributed by atoms with van der Waals surface area (Å²) in [7, 11) is 0. The van der Waals surface area contributed by atoms with Crippen LogP contribution in [-0.2, 0) is 15.7 Å². The van der Waals surface area contributed by atoms with Gasteiger partial charge in [0.15, 0.2) is 0 Å². The molecule has 0 radical (unpaired) electrons. The standard InChI is InChI=1S/C23H25F3N6O4/c1-22(2,36-18-5-3-4-16-17(18)12-29-30-20(16)34)14-35-13-19(33)31-6-8-32(9-7-31)21-27-10-15(11-28-21)23(24,25)26/h3-5,10-12H,6-9,13-14H2,1-2H3,(H,30,34). The van der Waals surface area contributed by atoms with Gasteiger partial charge in [-0.05, 0) is 26.0 Å². The van der Waals surface area contributed by atoms with E-state index in [4.69, 9.17) is 9.47 Å². The van der Waals surface area contributed by atoms with Crippen LogP contribution < -0.4 is 15.2 Å². The van der Waals surface area contributed by atoms with E-state index in [1.54, 1.807) is 41.8 Å². The third-order valence-electron chi connectivity index (χ3n) is 5.61. The number of hydrogen-bond acceptors (Lipinski definition) is 8. The maximum atomic E-state index is 12.7. The molecule has 3 heterocycles. The van der Waals surface area contributed by atoms with E-state index in [2.05, 4.69) is 20.2 Å². The predicted molar refractivity (Wildman–Crippen MR) is 124 cm³/mol. The molecule has 1 aromatic carbocycles. The molecular weight excluding hydrogens is 481 g/mol. The molecule has 1 aliphatic heterocycles. The second-order valence-corrected chi connectivity index (χ2v) is 8.91. The number of piperazine rings is 1. The molecule has 3 aromatic rings. The first-order chi connectivity index (χ1) is 17.0. The summed E-state index contributed by atoms with van der Waals surface area (Å²) < 4.78 is 49.8. The van der Waals surface area contributed by atoms with Gasteiger partial charge < -0.3 is 19.3 Å². The number of carbonyl (C=O) groups is 1. The number of alkyl halides is 3. The van der Waals surface area contributed by atoms with Crippen molar-refractivity contribution in [2.75, 3.05) is 44.3 Å². The monoisotopic (exact) mass is 506 g/mol. The molecule has 4 rings (SSSR count). The van der Waals surface area contributed by atoms with Crippen molar-refractivity contribution in [2.45, 2.75) is 25.6 Å². The lowest BCUT2D eigenvalue weighted by molar-refractivity contribution is -0.139. The molecule has 13 heteroatoms. The van der Waals surface area contributed by atoms with E-state index < -0.39 is 17.3 Å². The molecule has 1 N–H and O–H groups in total. The molecule has 1 fully saturated rings. The van der Waals surface area contributed by atoms with Crippen LogP contribution in [0.2, 0.25) is 0 Å². The molecule has 10 nitrogen and oxygen atoms in total. The zero-order valence-corrected chi connectivity index (χ0v) is 19.7. The predicted octanol–water partition coefficient (Wildman–Crippen LogP) is 2.25. The number of aromatic amines is 1. The van der Waals surface area contributed by atoms with Crippen LogP contribution in [0.25, 0.3) is 10.8 Å². The fraction of sp³-hybridized carbons (Fsp3) is 0.435. The number of ether oxygens (including phenoxy) is 2. The number of nitrogens with one attached hydrogen (secondary N) is 1. The molecule has 0 unspecified atom stereocenters. The minimum atomic E-state index is -4.49. The normalized spacial score (nSPS) is 14.8. The number of aromatic nitrogens is 4. The average Bonchev–Trinajstić information content (AvgIpc) is 2.84. The minimum absolute atomic E-state index is 0.116. The van der Waals surface area contributed by atoms with Gasteiger partial charge >= 0.3 is 6.18 Å². The highest BCUT2D eigenvalue weighted by molar-refractivity contribution is 5.86. The maximum absolute atomic E-state index is 12.7. The lowest BCUT2D eigenvalue weighted by Gasteiger charge is -2.35.